The lowest BCUT2D eigenvalue weighted by Gasteiger charge is -2.09. The number of aryl methyl sites for hydroxylation is 3. The minimum atomic E-state index is -3.45. The zero-order valence-corrected chi connectivity index (χ0v) is 13.4. The summed E-state index contributed by atoms with van der Waals surface area (Å²) in [6.45, 7) is 5.99. The number of rotatable bonds is 5. The number of thiazole rings is 1. The maximum absolute atomic E-state index is 12.3. The Balaban J connectivity index is 2.06. The second kappa shape index (κ2) is 6.03. The van der Waals surface area contributed by atoms with Crippen LogP contribution in [0.2, 0.25) is 0 Å². The van der Waals surface area contributed by atoms with Gasteiger partial charge in [0.15, 0.2) is 0 Å². The maximum Gasteiger partial charge on any atom is 0.240 e. The van der Waals surface area contributed by atoms with E-state index < -0.39 is 10.0 Å². The molecule has 2 aromatic rings. The standard InChI is InChI=1S/C14H18N2O2S2/c1-10-4-5-11(2)14(8-10)20(17,18)15-7-6-13-9-19-12(3)16-13/h4-5,8-9,15H,6-7H2,1-3H3. The second-order valence-electron chi connectivity index (χ2n) is 4.77. The molecule has 0 amide bonds. The topological polar surface area (TPSA) is 59.1 Å². The number of nitrogens with one attached hydrogen (secondary N) is 1. The Hall–Kier alpha value is -1.24. The van der Waals surface area contributed by atoms with E-state index in [0.717, 1.165) is 21.8 Å². The Kier molecular flexibility index (Phi) is 4.57. The van der Waals surface area contributed by atoms with Crippen molar-refractivity contribution in [3.05, 3.63) is 45.4 Å². The fraction of sp³-hybridized carbons (Fsp3) is 0.357. The van der Waals surface area contributed by atoms with Crippen LogP contribution in [0.1, 0.15) is 21.8 Å². The number of aromatic nitrogens is 1. The van der Waals surface area contributed by atoms with E-state index in [1.807, 2.05) is 31.4 Å². The van der Waals surface area contributed by atoms with Gasteiger partial charge in [-0.05, 0) is 38.0 Å². The molecule has 2 rings (SSSR count). The summed E-state index contributed by atoms with van der Waals surface area (Å²) in [6.07, 6.45) is 0.606. The second-order valence-corrected chi connectivity index (χ2v) is 7.57. The van der Waals surface area contributed by atoms with Crippen LogP contribution in [0.25, 0.3) is 0 Å². The van der Waals surface area contributed by atoms with Gasteiger partial charge in [-0.3, -0.25) is 0 Å². The van der Waals surface area contributed by atoms with Gasteiger partial charge in [-0.2, -0.15) is 0 Å². The molecule has 0 aliphatic rings. The summed E-state index contributed by atoms with van der Waals surface area (Å²) in [5.74, 6) is 0. The van der Waals surface area contributed by atoms with Crippen molar-refractivity contribution in [1.29, 1.82) is 0 Å². The van der Waals surface area contributed by atoms with Crippen LogP contribution in [-0.2, 0) is 16.4 Å². The molecular formula is C14H18N2O2S2. The zero-order valence-electron chi connectivity index (χ0n) is 11.8. The van der Waals surface area contributed by atoms with Gasteiger partial charge in [-0.15, -0.1) is 11.3 Å². The van der Waals surface area contributed by atoms with E-state index in [1.165, 1.54) is 0 Å². The molecule has 0 aliphatic carbocycles. The molecule has 1 aromatic carbocycles. The van der Waals surface area contributed by atoms with Gasteiger partial charge < -0.3 is 0 Å². The molecule has 1 N–H and O–H groups in total. The van der Waals surface area contributed by atoms with Crippen molar-refractivity contribution in [2.45, 2.75) is 32.1 Å². The normalized spacial score (nSPS) is 11.8. The molecule has 0 radical (unpaired) electrons. The van der Waals surface area contributed by atoms with Crippen molar-refractivity contribution in [1.82, 2.24) is 9.71 Å². The van der Waals surface area contributed by atoms with Gasteiger partial charge in [-0.1, -0.05) is 12.1 Å². The highest BCUT2D eigenvalue weighted by Gasteiger charge is 2.16. The van der Waals surface area contributed by atoms with Crippen molar-refractivity contribution in [3.8, 4) is 0 Å². The van der Waals surface area contributed by atoms with Crippen LogP contribution < -0.4 is 4.72 Å². The van der Waals surface area contributed by atoms with E-state index in [9.17, 15) is 8.42 Å². The number of hydrogen-bond acceptors (Lipinski definition) is 4. The smallest absolute Gasteiger partial charge is 0.240 e. The third kappa shape index (κ3) is 3.65. The Morgan fingerprint density at radius 1 is 1.25 bits per heavy atom. The Bertz CT molecular complexity index is 706. The van der Waals surface area contributed by atoms with Crippen LogP contribution in [0.15, 0.2) is 28.5 Å². The van der Waals surface area contributed by atoms with Crippen molar-refractivity contribution in [3.63, 3.8) is 0 Å². The van der Waals surface area contributed by atoms with Gasteiger partial charge in [0.1, 0.15) is 0 Å². The first-order valence-corrected chi connectivity index (χ1v) is 8.73. The van der Waals surface area contributed by atoms with E-state index in [0.29, 0.717) is 17.9 Å². The minimum Gasteiger partial charge on any atom is -0.247 e. The first-order valence-electron chi connectivity index (χ1n) is 6.36. The third-order valence-corrected chi connectivity index (χ3v) is 5.40. The van der Waals surface area contributed by atoms with E-state index in [-0.39, 0.29) is 0 Å². The van der Waals surface area contributed by atoms with Crippen molar-refractivity contribution >= 4 is 21.4 Å². The molecule has 108 valence electrons. The summed E-state index contributed by atoms with van der Waals surface area (Å²) in [5.41, 5.74) is 2.62. The zero-order chi connectivity index (χ0) is 14.8. The lowest BCUT2D eigenvalue weighted by molar-refractivity contribution is 0.580. The van der Waals surface area contributed by atoms with E-state index >= 15 is 0 Å². The molecule has 0 fully saturated rings. The highest BCUT2D eigenvalue weighted by atomic mass is 32.2. The van der Waals surface area contributed by atoms with Crippen molar-refractivity contribution < 1.29 is 8.42 Å². The minimum absolute atomic E-state index is 0.354. The molecule has 0 atom stereocenters. The molecule has 0 unspecified atom stereocenters. The molecule has 1 heterocycles. The molecule has 1 aromatic heterocycles. The predicted molar refractivity (Wildman–Crippen MR) is 81.7 cm³/mol. The molecule has 0 bridgehead atoms. The van der Waals surface area contributed by atoms with Gasteiger partial charge in [-0.25, -0.2) is 18.1 Å². The van der Waals surface area contributed by atoms with Gasteiger partial charge in [0.05, 0.1) is 15.6 Å². The summed E-state index contributed by atoms with van der Waals surface area (Å²) in [6, 6.07) is 5.44. The first kappa shape index (κ1) is 15.2. The van der Waals surface area contributed by atoms with E-state index in [1.54, 1.807) is 24.3 Å². The Labute approximate surface area is 123 Å². The predicted octanol–water partition coefficient (Wildman–Crippen LogP) is 2.59. The maximum atomic E-state index is 12.3. The van der Waals surface area contributed by atoms with Crippen LogP contribution in [-0.4, -0.2) is 19.9 Å². The fourth-order valence-corrected chi connectivity index (χ4v) is 3.92. The molecule has 0 spiro atoms. The number of hydrogen-bond donors (Lipinski definition) is 1. The Morgan fingerprint density at radius 2 is 2.00 bits per heavy atom. The molecule has 20 heavy (non-hydrogen) atoms. The Morgan fingerprint density at radius 3 is 2.65 bits per heavy atom. The van der Waals surface area contributed by atoms with Crippen LogP contribution >= 0.6 is 11.3 Å². The van der Waals surface area contributed by atoms with Crippen LogP contribution in [0.3, 0.4) is 0 Å². The van der Waals surface area contributed by atoms with Gasteiger partial charge in [0, 0.05) is 18.3 Å². The number of nitrogens with zero attached hydrogens (tertiary/aromatic N) is 1. The average Bonchev–Trinajstić information content (AvgIpc) is 2.78. The van der Waals surface area contributed by atoms with Crippen LogP contribution in [0.5, 0.6) is 0 Å². The van der Waals surface area contributed by atoms with Crippen LogP contribution in [0, 0.1) is 20.8 Å². The van der Waals surface area contributed by atoms with Crippen molar-refractivity contribution in [2.75, 3.05) is 6.54 Å². The fourth-order valence-electron chi connectivity index (χ4n) is 1.91. The lowest BCUT2D eigenvalue weighted by Crippen LogP contribution is -2.26. The summed E-state index contributed by atoms with van der Waals surface area (Å²) in [5, 5.41) is 2.96. The summed E-state index contributed by atoms with van der Waals surface area (Å²) >= 11 is 1.57. The quantitative estimate of drug-likeness (QED) is 0.923. The summed E-state index contributed by atoms with van der Waals surface area (Å²) < 4.78 is 27.2. The van der Waals surface area contributed by atoms with E-state index in [4.69, 9.17) is 0 Å². The largest absolute Gasteiger partial charge is 0.247 e. The molecule has 4 nitrogen and oxygen atoms in total. The summed E-state index contributed by atoms with van der Waals surface area (Å²) in [4.78, 5) is 4.67. The molecular weight excluding hydrogens is 292 g/mol. The number of sulfonamides is 1. The van der Waals surface area contributed by atoms with E-state index in [2.05, 4.69) is 9.71 Å². The molecule has 0 saturated heterocycles. The highest BCUT2D eigenvalue weighted by molar-refractivity contribution is 7.89. The van der Waals surface area contributed by atoms with Crippen molar-refractivity contribution in [2.24, 2.45) is 0 Å². The molecule has 0 aliphatic heterocycles. The van der Waals surface area contributed by atoms with Gasteiger partial charge in [0.25, 0.3) is 0 Å². The third-order valence-electron chi connectivity index (χ3n) is 2.97. The lowest BCUT2D eigenvalue weighted by atomic mass is 10.2. The first-order chi connectivity index (χ1) is 9.38. The van der Waals surface area contributed by atoms with Gasteiger partial charge >= 0.3 is 0 Å². The number of benzene rings is 1. The monoisotopic (exact) mass is 310 g/mol. The summed E-state index contributed by atoms with van der Waals surface area (Å²) in [7, 11) is -3.45. The average molecular weight is 310 g/mol. The highest BCUT2D eigenvalue weighted by Crippen LogP contribution is 2.16. The molecule has 0 saturated carbocycles. The van der Waals surface area contributed by atoms with Gasteiger partial charge in [0.2, 0.25) is 10.0 Å². The SMILES string of the molecule is Cc1ccc(C)c(S(=O)(=O)NCCc2csc(C)n2)c1. The molecule has 6 heteroatoms. The van der Waals surface area contributed by atoms with Crippen LogP contribution in [0.4, 0.5) is 0 Å².